The zero-order valence-electron chi connectivity index (χ0n) is 9.37. The summed E-state index contributed by atoms with van der Waals surface area (Å²) >= 11 is 4.70. The molecule has 0 aliphatic carbocycles. The number of hydrogen-bond donors (Lipinski definition) is 2. The number of aliphatic hydroxyl groups excluding tert-OH is 1. The van der Waals surface area contributed by atoms with Crippen molar-refractivity contribution in [2.45, 2.75) is 26.3 Å². The number of rotatable bonds is 5. The summed E-state index contributed by atoms with van der Waals surface area (Å²) < 4.78 is 0.932. The van der Waals surface area contributed by atoms with Crippen LogP contribution in [0.1, 0.15) is 29.9 Å². The Morgan fingerprint density at radius 3 is 2.69 bits per heavy atom. The third-order valence-corrected chi connectivity index (χ3v) is 3.73. The quantitative estimate of drug-likeness (QED) is 0.878. The summed E-state index contributed by atoms with van der Waals surface area (Å²) in [6, 6.07) is 3.46. The van der Waals surface area contributed by atoms with Crippen molar-refractivity contribution >= 4 is 33.2 Å². The van der Waals surface area contributed by atoms with Crippen LogP contribution in [0.25, 0.3) is 0 Å². The number of thiophene rings is 1. The zero-order valence-corrected chi connectivity index (χ0v) is 11.8. The lowest BCUT2D eigenvalue weighted by Crippen LogP contribution is -2.38. The molecule has 0 saturated heterocycles. The van der Waals surface area contributed by atoms with Crippen LogP contribution in [0.5, 0.6) is 0 Å². The molecule has 90 valence electrons. The van der Waals surface area contributed by atoms with Crippen molar-refractivity contribution in [1.29, 1.82) is 0 Å². The Bertz CT molecular complexity index is 352. The number of carbonyl (C=O) groups excluding carboxylic acids is 1. The molecule has 0 aliphatic heterocycles. The predicted molar refractivity (Wildman–Crippen MR) is 69.8 cm³/mol. The minimum atomic E-state index is -0.159. The van der Waals surface area contributed by atoms with E-state index in [0.717, 1.165) is 10.2 Å². The van der Waals surface area contributed by atoms with Gasteiger partial charge in [-0.1, -0.05) is 13.8 Å². The molecule has 1 amide bonds. The first-order chi connectivity index (χ1) is 7.52. The van der Waals surface area contributed by atoms with Crippen molar-refractivity contribution < 1.29 is 9.90 Å². The van der Waals surface area contributed by atoms with Gasteiger partial charge in [0.05, 0.1) is 21.3 Å². The molecule has 2 N–H and O–H groups in total. The van der Waals surface area contributed by atoms with Gasteiger partial charge in [0.1, 0.15) is 0 Å². The van der Waals surface area contributed by atoms with Crippen molar-refractivity contribution in [3.05, 3.63) is 20.8 Å². The van der Waals surface area contributed by atoms with Gasteiger partial charge in [-0.05, 0) is 40.4 Å². The first-order valence-corrected chi connectivity index (χ1v) is 6.81. The molecular formula is C11H16BrNO2S. The molecule has 0 bridgehead atoms. The van der Waals surface area contributed by atoms with E-state index in [0.29, 0.717) is 10.8 Å². The van der Waals surface area contributed by atoms with E-state index in [1.54, 1.807) is 6.07 Å². The van der Waals surface area contributed by atoms with Gasteiger partial charge in [-0.3, -0.25) is 4.79 Å². The molecule has 0 saturated carbocycles. The fourth-order valence-electron chi connectivity index (χ4n) is 1.44. The summed E-state index contributed by atoms with van der Waals surface area (Å²) in [5.41, 5.74) is 0. The van der Waals surface area contributed by atoms with E-state index in [1.165, 1.54) is 11.3 Å². The third-order valence-electron chi connectivity index (χ3n) is 2.11. The van der Waals surface area contributed by atoms with Gasteiger partial charge in [-0.2, -0.15) is 0 Å². The number of amides is 1. The summed E-state index contributed by atoms with van der Waals surface area (Å²) in [6.45, 7) is 4.11. The molecule has 1 aromatic heterocycles. The molecule has 3 nitrogen and oxygen atoms in total. The molecule has 5 heteroatoms. The van der Waals surface area contributed by atoms with Gasteiger partial charge in [0.2, 0.25) is 0 Å². The predicted octanol–water partition coefficient (Wildman–Crippen LogP) is 2.65. The Morgan fingerprint density at radius 2 is 2.25 bits per heavy atom. The van der Waals surface area contributed by atoms with E-state index >= 15 is 0 Å². The van der Waals surface area contributed by atoms with E-state index in [9.17, 15) is 4.79 Å². The summed E-state index contributed by atoms with van der Waals surface area (Å²) in [5, 5.41) is 12.0. The molecular weight excluding hydrogens is 290 g/mol. The SMILES string of the molecule is CC(C)C[C@H](CO)NC(=O)c1ccc(Br)s1. The smallest absolute Gasteiger partial charge is 0.261 e. The number of nitrogens with one attached hydrogen (secondary N) is 1. The fraction of sp³-hybridized carbons (Fsp3) is 0.545. The van der Waals surface area contributed by atoms with Crippen LogP contribution in [0.15, 0.2) is 15.9 Å². The second-order valence-electron chi connectivity index (χ2n) is 4.09. The Balaban J connectivity index is 2.55. The summed E-state index contributed by atoms with van der Waals surface area (Å²) in [6.07, 6.45) is 0.786. The largest absolute Gasteiger partial charge is 0.394 e. The Hall–Kier alpha value is -0.390. The molecule has 1 aromatic rings. The van der Waals surface area contributed by atoms with Crippen molar-refractivity contribution in [2.75, 3.05) is 6.61 Å². The van der Waals surface area contributed by atoms with E-state index < -0.39 is 0 Å². The Kier molecular flexibility index (Phi) is 5.44. The van der Waals surface area contributed by atoms with E-state index in [1.807, 2.05) is 6.07 Å². The summed E-state index contributed by atoms with van der Waals surface area (Å²) in [5.74, 6) is 0.336. The molecule has 0 aromatic carbocycles. The Morgan fingerprint density at radius 1 is 1.56 bits per heavy atom. The zero-order chi connectivity index (χ0) is 12.1. The molecule has 1 atom stereocenters. The second kappa shape index (κ2) is 6.37. The van der Waals surface area contributed by atoms with Gasteiger partial charge in [-0.15, -0.1) is 11.3 Å². The van der Waals surface area contributed by atoms with Crippen LogP contribution in [0.2, 0.25) is 0 Å². The molecule has 0 aliphatic rings. The van der Waals surface area contributed by atoms with Crippen LogP contribution in [0.4, 0.5) is 0 Å². The first-order valence-electron chi connectivity index (χ1n) is 5.20. The Labute approximate surface area is 108 Å². The second-order valence-corrected chi connectivity index (χ2v) is 6.55. The van der Waals surface area contributed by atoms with E-state index in [4.69, 9.17) is 5.11 Å². The minimum absolute atomic E-state index is 0.0174. The normalized spacial score (nSPS) is 12.8. The van der Waals surface area contributed by atoms with Crippen LogP contribution in [0.3, 0.4) is 0 Å². The van der Waals surface area contributed by atoms with Crippen LogP contribution >= 0.6 is 27.3 Å². The molecule has 16 heavy (non-hydrogen) atoms. The molecule has 1 heterocycles. The van der Waals surface area contributed by atoms with Crippen molar-refractivity contribution in [3.63, 3.8) is 0 Å². The maximum atomic E-state index is 11.8. The third kappa shape index (κ3) is 4.23. The van der Waals surface area contributed by atoms with Crippen LogP contribution in [0, 0.1) is 5.92 Å². The molecule has 0 unspecified atom stereocenters. The first kappa shape index (κ1) is 13.7. The average molecular weight is 306 g/mol. The highest BCUT2D eigenvalue weighted by atomic mass is 79.9. The lowest BCUT2D eigenvalue weighted by molar-refractivity contribution is 0.0912. The molecule has 0 fully saturated rings. The van der Waals surface area contributed by atoms with Gasteiger partial charge in [0.25, 0.3) is 5.91 Å². The van der Waals surface area contributed by atoms with Gasteiger partial charge in [0, 0.05) is 0 Å². The van der Waals surface area contributed by atoms with Crippen LogP contribution < -0.4 is 5.32 Å². The van der Waals surface area contributed by atoms with Crippen molar-refractivity contribution in [1.82, 2.24) is 5.32 Å². The highest BCUT2D eigenvalue weighted by Gasteiger charge is 2.15. The highest BCUT2D eigenvalue weighted by molar-refractivity contribution is 9.11. The summed E-state index contributed by atoms with van der Waals surface area (Å²) in [7, 11) is 0. The van der Waals surface area contributed by atoms with Gasteiger partial charge in [-0.25, -0.2) is 0 Å². The van der Waals surface area contributed by atoms with Crippen LogP contribution in [-0.4, -0.2) is 23.7 Å². The molecule has 0 radical (unpaired) electrons. The van der Waals surface area contributed by atoms with Crippen molar-refractivity contribution in [2.24, 2.45) is 5.92 Å². The standard InChI is InChI=1S/C11H16BrNO2S/c1-7(2)5-8(6-14)13-11(15)9-3-4-10(12)16-9/h3-4,7-8,14H,5-6H2,1-2H3,(H,13,15)/t8-/m1/s1. The van der Waals surface area contributed by atoms with Gasteiger partial charge < -0.3 is 10.4 Å². The number of halogens is 1. The van der Waals surface area contributed by atoms with Gasteiger partial charge in [0.15, 0.2) is 0 Å². The topological polar surface area (TPSA) is 49.3 Å². The number of carbonyl (C=O) groups is 1. The summed E-state index contributed by atoms with van der Waals surface area (Å²) in [4.78, 5) is 12.4. The van der Waals surface area contributed by atoms with Crippen molar-refractivity contribution in [3.8, 4) is 0 Å². The van der Waals surface area contributed by atoms with E-state index in [-0.39, 0.29) is 18.6 Å². The monoisotopic (exact) mass is 305 g/mol. The van der Waals surface area contributed by atoms with Crippen LogP contribution in [-0.2, 0) is 0 Å². The fourth-order valence-corrected chi connectivity index (χ4v) is 2.73. The lowest BCUT2D eigenvalue weighted by atomic mass is 10.0. The molecule has 1 rings (SSSR count). The maximum Gasteiger partial charge on any atom is 0.261 e. The lowest BCUT2D eigenvalue weighted by Gasteiger charge is -2.17. The number of hydrogen-bond acceptors (Lipinski definition) is 3. The molecule has 0 spiro atoms. The van der Waals surface area contributed by atoms with Gasteiger partial charge >= 0.3 is 0 Å². The average Bonchev–Trinajstić information content (AvgIpc) is 2.63. The number of aliphatic hydroxyl groups is 1. The maximum absolute atomic E-state index is 11.8. The van der Waals surface area contributed by atoms with E-state index in [2.05, 4.69) is 35.1 Å². The minimum Gasteiger partial charge on any atom is -0.394 e. The highest BCUT2D eigenvalue weighted by Crippen LogP contribution is 2.22.